The van der Waals surface area contributed by atoms with Gasteiger partial charge in [0, 0.05) is 17.8 Å². The molecule has 0 radical (unpaired) electrons. The number of anilines is 1. The Balaban J connectivity index is 1.55. The maximum atomic E-state index is 14.9. The normalized spacial score (nSPS) is 11.7. The summed E-state index contributed by atoms with van der Waals surface area (Å²) in [5.74, 6) is -0.689. The molecule has 8 nitrogen and oxygen atoms in total. The first-order valence-electron chi connectivity index (χ1n) is 12.8. The van der Waals surface area contributed by atoms with E-state index in [1.165, 1.54) is 15.6 Å². The van der Waals surface area contributed by atoms with Crippen molar-refractivity contribution in [2.24, 2.45) is 0 Å². The van der Waals surface area contributed by atoms with E-state index in [2.05, 4.69) is 15.6 Å². The van der Waals surface area contributed by atoms with Crippen LogP contribution < -0.4 is 10.1 Å². The summed E-state index contributed by atoms with van der Waals surface area (Å²) in [5, 5.41) is 11.2. The van der Waals surface area contributed by atoms with Gasteiger partial charge in [0.15, 0.2) is 0 Å². The van der Waals surface area contributed by atoms with Gasteiger partial charge in [-0.1, -0.05) is 65.4 Å². The van der Waals surface area contributed by atoms with Gasteiger partial charge in [0.05, 0.1) is 12.6 Å². The van der Waals surface area contributed by atoms with Crippen molar-refractivity contribution in [2.75, 3.05) is 12.4 Å². The number of hydrogen-bond acceptors (Lipinski definition) is 5. The van der Waals surface area contributed by atoms with Crippen molar-refractivity contribution in [1.29, 1.82) is 0 Å². The van der Waals surface area contributed by atoms with E-state index in [1.54, 1.807) is 67.8 Å². The lowest BCUT2D eigenvalue weighted by Gasteiger charge is -2.32. The van der Waals surface area contributed by atoms with E-state index in [0.29, 0.717) is 28.0 Å². The summed E-state index contributed by atoms with van der Waals surface area (Å²) in [4.78, 5) is 29.3. The lowest BCUT2D eigenvalue weighted by molar-refractivity contribution is -0.140. The Hall–Kier alpha value is -5.05. The minimum Gasteiger partial charge on any atom is -0.497 e. The monoisotopic (exact) mass is 537 g/mol. The third-order valence-electron chi connectivity index (χ3n) is 6.63. The van der Waals surface area contributed by atoms with Crippen LogP contribution in [0.2, 0.25) is 0 Å². The molecule has 202 valence electrons. The fourth-order valence-corrected chi connectivity index (χ4v) is 4.49. The number of carbonyl (C=O) groups is 2. The second kappa shape index (κ2) is 11.8. The number of ether oxygens (including phenoxy) is 1. The molecule has 9 heteroatoms. The summed E-state index contributed by atoms with van der Waals surface area (Å²) in [5.41, 5.74) is 3.72. The highest BCUT2D eigenvalue weighted by molar-refractivity contribution is 5.98. The van der Waals surface area contributed by atoms with E-state index in [9.17, 15) is 14.0 Å². The van der Waals surface area contributed by atoms with Crippen LogP contribution in [0.1, 0.15) is 22.7 Å². The first-order chi connectivity index (χ1) is 19.4. The van der Waals surface area contributed by atoms with Gasteiger partial charge in [-0.3, -0.25) is 9.59 Å². The van der Waals surface area contributed by atoms with E-state index in [0.717, 1.165) is 5.56 Å². The molecule has 4 aromatic carbocycles. The molecule has 5 rings (SSSR count). The highest BCUT2D eigenvalue weighted by atomic mass is 19.1. The number of amides is 2. The van der Waals surface area contributed by atoms with Crippen LogP contribution in [0.25, 0.3) is 11.0 Å². The minimum absolute atomic E-state index is 0.132. The highest BCUT2D eigenvalue weighted by Crippen LogP contribution is 2.28. The third kappa shape index (κ3) is 5.83. The van der Waals surface area contributed by atoms with Gasteiger partial charge in [-0.2, -0.15) is 0 Å². The second-order valence-corrected chi connectivity index (χ2v) is 9.38. The Bertz CT molecular complexity index is 1630. The number of aryl methyl sites for hydroxylation is 1. The van der Waals surface area contributed by atoms with E-state index >= 15 is 0 Å². The van der Waals surface area contributed by atoms with Gasteiger partial charge in [0.25, 0.3) is 5.91 Å². The number of methoxy groups -OCH3 is 1. The van der Waals surface area contributed by atoms with Crippen LogP contribution in [0.4, 0.5) is 10.1 Å². The van der Waals surface area contributed by atoms with Gasteiger partial charge in [-0.15, -0.1) is 5.10 Å². The molecular formula is C31H28FN5O3. The zero-order valence-electron chi connectivity index (χ0n) is 22.1. The maximum Gasteiger partial charge on any atom is 0.251 e. The molecule has 1 atom stereocenters. The predicted octanol–water partition coefficient (Wildman–Crippen LogP) is 5.30. The molecule has 0 fully saturated rings. The average molecular weight is 538 g/mol. The summed E-state index contributed by atoms with van der Waals surface area (Å²) in [6.07, 6.45) is 0. The molecule has 5 aromatic rings. The largest absolute Gasteiger partial charge is 0.497 e. The summed E-state index contributed by atoms with van der Waals surface area (Å²) < 4.78 is 21.6. The van der Waals surface area contributed by atoms with E-state index in [1.807, 2.05) is 37.3 Å². The van der Waals surface area contributed by atoms with Crippen molar-refractivity contribution < 1.29 is 18.7 Å². The van der Waals surface area contributed by atoms with E-state index in [-0.39, 0.29) is 18.7 Å². The summed E-state index contributed by atoms with van der Waals surface area (Å²) in [6, 6.07) is 26.7. The Kier molecular flexibility index (Phi) is 7.82. The molecule has 0 aliphatic heterocycles. The first-order valence-corrected chi connectivity index (χ1v) is 12.8. The molecule has 1 unspecified atom stereocenters. The van der Waals surface area contributed by atoms with Crippen LogP contribution >= 0.6 is 0 Å². The number of nitrogens with one attached hydrogen (secondary N) is 1. The molecule has 0 bridgehead atoms. The smallest absolute Gasteiger partial charge is 0.251 e. The van der Waals surface area contributed by atoms with Crippen LogP contribution in [0.3, 0.4) is 0 Å². The average Bonchev–Trinajstić information content (AvgIpc) is 3.37. The second-order valence-electron chi connectivity index (χ2n) is 9.38. The number of carbonyl (C=O) groups excluding carboxylic acids is 2. The minimum atomic E-state index is -1.07. The fraction of sp³-hybridized carbons (Fsp3) is 0.161. The number of halogens is 1. The van der Waals surface area contributed by atoms with Crippen molar-refractivity contribution in [1.82, 2.24) is 19.9 Å². The Morgan fingerprint density at radius 1 is 0.950 bits per heavy atom. The molecule has 1 aromatic heterocycles. The van der Waals surface area contributed by atoms with Crippen molar-refractivity contribution in [3.05, 3.63) is 120 Å². The van der Waals surface area contributed by atoms with Crippen molar-refractivity contribution in [3.8, 4) is 5.75 Å². The Labute approximate surface area is 231 Å². The molecule has 2 amide bonds. The topological polar surface area (TPSA) is 89.4 Å². The van der Waals surface area contributed by atoms with Crippen LogP contribution in [0.5, 0.6) is 5.75 Å². The fourth-order valence-electron chi connectivity index (χ4n) is 4.49. The number of para-hydroxylation sites is 1. The predicted molar refractivity (Wildman–Crippen MR) is 150 cm³/mol. The highest BCUT2D eigenvalue weighted by Gasteiger charge is 2.33. The molecule has 1 heterocycles. The number of nitrogens with zero attached hydrogens (tertiary/aromatic N) is 4. The van der Waals surface area contributed by atoms with Crippen LogP contribution in [-0.4, -0.2) is 38.8 Å². The lowest BCUT2D eigenvalue weighted by Crippen LogP contribution is -2.42. The van der Waals surface area contributed by atoms with Gasteiger partial charge in [0.2, 0.25) is 5.91 Å². The SMILES string of the molecule is COc1ccc(NC(=O)C(c2ccc(C)cc2)N(Cc2ccccc2F)C(=O)Cn2nnc3ccccc32)cc1. The molecule has 0 saturated carbocycles. The van der Waals surface area contributed by atoms with Gasteiger partial charge in [-0.05, 0) is 55.0 Å². The van der Waals surface area contributed by atoms with Crippen LogP contribution in [0, 0.1) is 12.7 Å². The van der Waals surface area contributed by atoms with Gasteiger partial charge in [0.1, 0.15) is 29.7 Å². The quantitative estimate of drug-likeness (QED) is 0.276. The summed E-state index contributed by atoms with van der Waals surface area (Å²) in [7, 11) is 1.56. The number of aromatic nitrogens is 3. The summed E-state index contributed by atoms with van der Waals surface area (Å²) in [6.45, 7) is 1.62. The van der Waals surface area contributed by atoms with Gasteiger partial charge >= 0.3 is 0 Å². The number of fused-ring (bicyclic) bond motifs is 1. The van der Waals surface area contributed by atoms with Crippen molar-refractivity contribution >= 4 is 28.5 Å². The Morgan fingerprint density at radius 3 is 2.38 bits per heavy atom. The molecule has 0 aliphatic rings. The molecule has 40 heavy (non-hydrogen) atoms. The van der Waals surface area contributed by atoms with E-state index < -0.39 is 23.7 Å². The summed E-state index contributed by atoms with van der Waals surface area (Å²) >= 11 is 0. The number of benzene rings is 4. The van der Waals surface area contributed by atoms with Crippen molar-refractivity contribution in [3.63, 3.8) is 0 Å². The molecule has 0 saturated heterocycles. The number of rotatable bonds is 9. The van der Waals surface area contributed by atoms with Crippen LogP contribution in [0.15, 0.2) is 97.1 Å². The van der Waals surface area contributed by atoms with Crippen LogP contribution in [-0.2, 0) is 22.7 Å². The Morgan fingerprint density at radius 2 is 1.65 bits per heavy atom. The zero-order valence-corrected chi connectivity index (χ0v) is 22.1. The van der Waals surface area contributed by atoms with Gasteiger partial charge < -0.3 is 15.0 Å². The first kappa shape index (κ1) is 26.6. The van der Waals surface area contributed by atoms with Gasteiger partial charge in [-0.25, -0.2) is 9.07 Å². The lowest BCUT2D eigenvalue weighted by atomic mass is 10.0. The number of hydrogen-bond donors (Lipinski definition) is 1. The zero-order chi connectivity index (χ0) is 28.1. The molecular weight excluding hydrogens is 509 g/mol. The van der Waals surface area contributed by atoms with E-state index in [4.69, 9.17) is 4.74 Å². The maximum absolute atomic E-state index is 14.9. The molecule has 1 N–H and O–H groups in total. The third-order valence-corrected chi connectivity index (χ3v) is 6.63. The standard InChI is InChI=1S/C31H28FN5O3/c1-21-11-13-22(14-12-21)30(31(39)33-24-15-17-25(40-2)18-16-24)36(19-23-7-3-4-8-26(23)32)29(38)20-37-28-10-6-5-9-27(28)34-35-37/h3-18,30H,19-20H2,1-2H3,(H,33,39). The van der Waals surface area contributed by atoms with Crippen molar-refractivity contribution in [2.45, 2.75) is 26.1 Å². The molecule has 0 spiro atoms. The molecule has 0 aliphatic carbocycles.